The molecule has 0 fully saturated rings. The second-order valence-corrected chi connectivity index (χ2v) is 9.34. The molecule has 0 aliphatic rings. The number of sulfonamides is 1. The van der Waals surface area contributed by atoms with Gasteiger partial charge < -0.3 is 10.2 Å². The van der Waals surface area contributed by atoms with Gasteiger partial charge in [0.1, 0.15) is 0 Å². The van der Waals surface area contributed by atoms with Crippen LogP contribution in [0, 0.1) is 0 Å². The maximum absolute atomic E-state index is 12.6. The minimum Gasteiger partial charge on any atom is -0.348 e. The van der Waals surface area contributed by atoms with E-state index >= 15 is 0 Å². The number of nitrogens with zero attached hydrogens (tertiary/aromatic N) is 1. The van der Waals surface area contributed by atoms with E-state index in [4.69, 9.17) is 0 Å². The Morgan fingerprint density at radius 3 is 2.13 bits per heavy atom. The Kier molecular flexibility index (Phi) is 7.57. The molecule has 0 bridgehead atoms. The summed E-state index contributed by atoms with van der Waals surface area (Å²) in [5.74, 6) is -0.322. The zero-order chi connectivity index (χ0) is 22.3. The summed E-state index contributed by atoms with van der Waals surface area (Å²) in [6.45, 7) is 1.40. The van der Waals surface area contributed by atoms with Gasteiger partial charge in [-0.3, -0.25) is 4.79 Å². The highest BCUT2D eigenvalue weighted by Gasteiger charge is 2.16. The average Bonchev–Trinajstić information content (AvgIpc) is 2.77. The smallest absolute Gasteiger partial charge is 0.251 e. The van der Waals surface area contributed by atoms with Crippen molar-refractivity contribution in [1.29, 1.82) is 0 Å². The Balaban J connectivity index is 1.61. The van der Waals surface area contributed by atoms with E-state index in [1.54, 1.807) is 12.1 Å². The maximum atomic E-state index is 12.6. The molecular weight excluding hydrogens is 410 g/mol. The number of hydrogen-bond donors (Lipinski definition) is 2. The van der Waals surface area contributed by atoms with Crippen molar-refractivity contribution in [2.24, 2.45) is 0 Å². The van der Waals surface area contributed by atoms with Crippen molar-refractivity contribution >= 4 is 15.9 Å². The Morgan fingerprint density at radius 1 is 0.806 bits per heavy atom. The maximum Gasteiger partial charge on any atom is 0.251 e. The summed E-state index contributed by atoms with van der Waals surface area (Å²) in [5.41, 5.74) is 3.33. The molecule has 3 aromatic rings. The molecule has 0 spiro atoms. The molecule has 0 atom stereocenters. The molecular formula is C24H27N3O3S. The number of carbonyl (C=O) groups excluding carboxylic acids is 1. The molecule has 0 unspecified atom stereocenters. The summed E-state index contributed by atoms with van der Waals surface area (Å²) in [6, 6.07) is 23.3. The number of hydrogen-bond acceptors (Lipinski definition) is 4. The first-order valence-electron chi connectivity index (χ1n) is 9.98. The molecule has 6 nitrogen and oxygen atoms in total. The van der Waals surface area contributed by atoms with Crippen LogP contribution >= 0.6 is 0 Å². The molecule has 31 heavy (non-hydrogen) atoms. The molecule has 0 radical (unpaired) electrons. The minimum atomic E-state index is -3.73. The van der Waals surface area contributed by atoms with Crippen molar-refractivity contribution < 1.29 is 13.2 Å². The van der Waals surface area contributed by atoms with Gasteiger partial charge >= 0.3 is 0 Å². The molecule has 0 aromatic heterocycles. The molecule has 3 aromatic carbocycles. The van der Waals surface area contributed by atoms with Gasteiger partial charge in [-0.25, -0.2) is 13.1 Å². The van der Waals surface area contributed by atoms with Crippen LogP contribution < -0.4 is 10.0 Å². The molecule has 1 amide bonds. The first-order valence-corrected chi connectivity index (χ1v) is 11.5. The Bertz CT molecular complexity index is 1110. The number of nitrogens with one attached hydrogen (secondary N) is 2. The summed E-state index contributed by atoms with van der Waals surface area (Å²) < 4.78 is 27.8. The van der Waals surface area contributed by atoms with Gasteiger partial charge in [0.2, 0.25) is 10.0 Å². The molecule has 3 rings (SSSR count). The van der Waals surface area contributed by atoms with Gasteiger partial charge in [-0.2, -0.15) is 0 Å². The fourth-order valence-corrected chi connectivity index (χ4v) is 4.14. The van der Waals surface area contributed by atoms with Crippen LogP contribution in [0.1, 0.15) is 27.0 Å². The summed E-state index contributed by atoms with van der Waals surface area (Å²) in [7, 11) is 0.297. The van der Waals surface area contributed by atoms with Gasteiger partial charge in [0, 0.05) is 25.2 Å². The van der Waals surface area contributed by atoms with E-state index in [2.05, 4.69) is 14.9 Å². The highest BCUT2D eigenvalue weighted by molar-refractivity contribution is 7.89. The number of rotatable bonds is 9. The average molecular weight is 438 g/mol. The molecule has 0 heterocycles. The van der Waals surface area contributed by atoms with Crippen LogP contribution in [0.2, 0.25) is 0 Å². The molecule has 0 aliphatic heterocycles. The second-order valence-electron chi connectivity index (χ2n) is 7.57. The van der Waals surface area contributed by atoms with E-state index in [1.807, 2.05) is 68.7 Å². The van der Waals surface area contributed by atoms with Crippen LogP contribution in [-0.2, 0) is 29.7 Å². The number of carbonyl (C=O) groups is 1. The summed E-state index contributed by atoms with van der Waals surface area (Å²) in [4.78, 5) is 14.7. The highest BCUT2D eigenvalue weighted by atomic mass is 32.2. The van der Waals surface area contributed by atoms with Crippen molar-refractivity contribution in [1.82, 2.24) is 14.9 Å². The molecule has 0 saturated carbocycles. The fraction of sp³-hybridized carbons (Fsp3) is 0.208. The Morgan fingerprint density at radius 2 is 1.45 bits per heavy atom. The van der Waals surface area contributed by atoms with Gasteiger partial charge in [-0.1, -0.05) is 60.7 Å². The first-order chi connectivity index (χ1) is 14.8. The van der Waals surface area contributed by atoms with Crippen LogP contribution in [0.25, 0.3) is 0 Å². The summed E-state index contributed by atoms with van der Waals surface area (Å²) in [5, 5.41) is 2.85. The standard InChI is InChI=1S/C24H27N3O3S/c1-27(2)18-21-13-11-20(12-14-21)16-25-24(28)22-9-6-10-23(15-22)31(29,30)26-17-19-7-4-3-5-8-19/h3-15,26H,16-18H2,1-2H3,(H,25,28). The second kappa shape index (κ2) is 10.3. The van der Waals surface area contributed by atoms with Crippen molar-refractivity contribution in [3.05, 3.63) is 101 Å². The largest absolute Gasteiger partial charge is 0.348 e. The lowest BCUT2D eigenvalue weighted by atomic mass is 10.1. The first kappa shape index (κ1) is 22.7. The predicted octanol–water partition coefficient (Wildman–Crippen LogP) is 3.16. The third-order valence-corrected chi connectivity index (χ3v) is 6.09. The highest BCUT2D eigenvalue weighted by Crippen LogP contribution is 2.13. The monoisotopic (exact) mass is 437 g/mol. The number of benzene rings is 3. The molecule has 162 valence electrons. The van der Waals surface area contributed by atoms with Crippen LogP contribution in [0.5, 0.6) is 0 Å². The van der Waals surface area contributed by atoms with Gasteiger partial charge in [0.15, 0.2) is 0 Å². The third kappa shape index (κ3) is 6.75. The van der Waals surface area contributed by atoms with Gasteiger partial charge in [0.05, 0.1) is 4.90 Å². The van der Waals surface area contributed by atoms with Gasteiger partial charge in [-0.15, -0.1) is 0 Å². The van der Waals surface area contributed by atoms with E-state index < -0.39 is 10.0 Å². The lowest BCUT2D eigenvalue weighted by Crippen LogP contribution is -2.25. The van der Waals surface area contributed by atoms with Crippen molar-refractivity contribution in [3.63, 3.8) is 0 Å². The molecule has 0 aliphatic carbocycles. The van der Waals surface area contributed by atoms with E-state index in [0.717, 1.165) is 17.7 Å². The van der Waals surface area contributed by atoms with E-state index in [0.29, 0.717) is 12.1 Å². The third-order valence-electron chi connectivity index (χ3n) is 4.69. The quantitative estimate of drug-likeness (QED) is 0.539. The molecule has 0 saturated heterocycles. The van der Waals surface area contributed by atoms with Gasteiger partial charge in [-0.05, 0) is 49.0 Å². The van der Waals surface area contributed by atoms with Crippen LogP contribution in [0.15, 0.2) is 83.8 Å². The summed E-state index contributed by atoms with van der Waals surface area (Å²) >= 11 is 0. The minimum absolute atomic E-state index is 0.0594. The van der Waals surface area contributed by atoms with Crippen LogP contribution in [0.3, 0.4) is 0 Å². The topological polar surface area (TPSA) is 78.5 Å². The normalized spacial score (nSPS) is 11.5. The van der Waals surface area contributed by atoms with Crippen LogP contribution in [-0.4, -0.2) is 33.3 Å². The van der Waals surface area contributed by atoms with Crippen LogP contribution in [0.4, 0.5) is 0 Å². The number of amides is 1. The fourth-order valence-electron chi connectivity index (χ4n) is 3.07. The predicted molar refractivity (Wildman–Crippen MR) is 122 cm³/mol. The SMILES string of the molecule is CN(C)Cc1ccc(CNC(=O)c2cccc(S(=O)(=O)NCc3ccccc3)c2)cc1. The molecule has 7 heteroatoms. The summed E-state index contributed by atoms with van der Waals surface area (Å²) in [6.07, 6.45) is 0. The lowest BCUT2D eigenvalue weighted by molar-refractivity contribution is 0.0950. The lowest BCUT2D eigenvalue weighted by Gasteiger charge is -2.11. The van der Waals surface area contributed by atoms with Crippen molar-refractivity contribution in [2.75, 3.05) is 14.1 Å². The van der Waals surface area contributed by atoms with E-state index in [9.17, 15) is 13.2 Å². The zero-order valence-corrected chi connectivity index (χ0v) is 18.5. The van der Waals surface area contributed by atoms with Crippen molar-refractivity contribution in [2.45, 2.75) is 24.5 Å². The Labute approximate surface area is 184 Å². The van der Waals surface area contributed by atoms with E-state index in [1.165, 1.54) is 17.7 Å². The zero-order valence-electron chi connectivity index (χ0n) is 17.7. The van der Waals surface area contributed by atoms with Gasteiger partial charge in [0.25, 0.3) is 5.91 Å². The van der Waals surface area contributed by atoms with Crippen molar-refractivity contribution in [3.8, 4) is 0 Å². The Hall–Kier alpha value is -3.00. The van der Waals surface area contributed by atoms with E-state index in [-0.39, 0.29) is 17.3 Å². The molecule has 2 N–H and O–H groups in total.